The Morgan fingerprint density at radius 2 is 2.36 bits per heavy atom. The predicted molar refractivity (Wildman–Crippen MR) is 59.7 cm³/mol. The third-order valence-corrected chi connectivity index (χ3v) is 3.38. The Kier molecular flexibility index (Phi) is 3.01. The van der Waals surface area contributed by atoms with Gasteiger partial charge in [0.15, 0.2) is 0 Å². The molecule has 1 N–H and O–H groups in total. The SMILES string of the molecule is CCCc1nsc(NC2CC2CC)n1. The summed E-state index contributed by atoms with van der Waals surface area (Å²) in [6.07, 6.45) is 4.70. The van der Waals surface area contributed by atoms with Gasteiger partial charge in [0.1, 0.15) is 5.82 Å². The van der Waals surface area contributed by atoms with E-state index in [0.717, 1.165) is 29.7 Å². The van der Waals surface area contributed by atoms with Gasteiger partial charge in [0, 0.05) is 24.0 Å². The fourth-order valence-corrected chi connectivity index (χ4v) is 2.35. The van der Waals surface area contributed by atoms with E-state index in [4.69, 9.17) is 0 Å². The summed E-state index contributed by atoms with van der Waals surface area (Å²) in [7, 11) is 0. The second-order valence-corrected chi connectivity index (χ2v) is 4.67. The molecule has 1 aromatic heterocycles. The fraction of sp³-hybridized carbons (Fsp3) is 0.800. The minimum absolute atomic E-state index is 0.669. The molecule has 1 aliphatic carbocycles. The van der Waals surface area contributed by atoms with Crippen molar-refractivity contribution < 1.29 is 0 Å². The van der Waals surface area contributed by atoms with Gasteiger partial charge >= 0.3 is 0 Å². The molecule has 1 aromatic rings. The van der Waals surface area contributed by atoms with Crippen molar-refractivity contribution in [1.82, 2.24) is 9.36 Å². The Bertz CT molecular complexity index is 297. The molecule has 2 atom stereocenters. The maximum Gasteiger partial charge on any atom is 0.202 e. The zero-order chi connectivity index (χ0) is 9.97. The molecule has 0 saturated heterocycles. The molecule has 0 amide bonds. The molecule has 1 heterocycles. The van der Waals surface area contributed by atoms with Crippen LogP contribution in [0.2, 0.25) is 0 Å². The van der Waals surface area contributed by atoms with Crippen LogP contribution in [0, 0.1) is 5.92 Å². The average Bonchev–Trinajstić information content (AvgIpc) is 2.78. The molecular formula is C10H17N3S. The highest BCUT2D eigenvalue weighted by Gasteiger charge is 2.35. The van der Waals surface area contributed by atoms with Crippen LogP contribution in [0.3, 0.4) is 0 Å². The Morgan fingerprint density at radius 3 is 3.00 bits per heavy atom. The van der Waals surface area contributed by atoms with E-state index < -0.39 is 0 Å². The molecular weight excluding hydrogens is 194 g/mol. The van der Waals surface area contributed by atoms with E-state index in [9.17, 15) is 0 Å². The van der Waals surface area contributed by atoms with Crippen molar-refractivity contribution in [1.29, 1.82) is 0 Å². The van der Waals surface area contributed by atoms with Gasteiger partial charge in [-0.05, 0) is 18.8 Å². The van der Waals surface area contributed by atoms with Gasteiger partial charge in [-0.1, -0.05) is 20.3 Å². The lowest BCUT2D eigenvalue weighted by molar-refractivity contribution is 0.773. The predicted octanol–water partition coefficient (Wildman–Crippen LogP) is 2.70. The zero-order valence-electron chi connectivity index (χ0n) is 8.79. The average molecular weight is 211 g/mol. The molecule has 4 heteroatoms. The zero-order valence-corrected chi connectivity index (χ0v) is 9.60. The second-order valence-electron chi connectivity index (χ2n) is 3.92. The summed E-state index contributed by atoms with van der Waals surface area (Å²) in [5.41, 5.74) is 0. The number of hydrogen-bond acceptors (Lipinski definition) is 4. The summed E-state index contributed by atoms with van der Waals surface area (Å²) in [4.78, 5) is 4.45. The maximum atomic E-state index is 4.45. The van der Waals surface area contributed by atoms with Gasteiger partial charge in [-0.15, -0.1) is 0 Å². The third kappa shape index (κ3) is 2.23. The summed E-state index contributed by atoms with van der Waals surface area (Å²) in [5.74, 6) is 1.86. The summed E-state index contributed by atoms with van der Waals surface area (Å²) in [6, 6.07) is 0.669. The lowest BCUT2D eigenvalue weighted by Crippen LogP contribution is -2.03. The summed E-state index contributed by atoms with van der Waals surface area (Å²) in [6.45, 7) is 4.40. The molecule has 0 bridgehead atoms. The first-order valence-corrected chi connectivity index (χ1v) is 6.20. The van der Waals surface area contributed by atoms with Crippen molar-refractivity contribution >= 4 is 16.7 Å². The number of aromatic nitrogens is 2. The molecule has 14 heavy (non-hydrogen) atoms. The topological polar surface area (TPSA) is 37.8 Å². The van der Waals surface area contributed by atoms with Crippen molar-refractivity contribution in [2.75, 3.05) is 5.32 Å². The van der Waals surface area contributed by atoms with Crippen molar-refractivity contribution in [2.45, 2.75) is 45.6 Å². The van der Waals surface area contributed by atoms with Crippen molar-refractivity contribution in [3.63, 3.8) is 0 Å². The molecule has 2 unspecified atom stereocenters. The lowest BCUT2D eigenvalue weighted by atomic mass is 10.3. The Balaban J connectivity index is 1.85. The van der Waals surface area contributed by atoms with Gasteiger partial charge in [-0.3, -0.25) is 0 Å². The van der Waals surface area contributed by atoms with Crippen LogP contribution >= 0.6 is 11.5 Å². The number of anilines is 1. The lowest BCUT2D eigenvalue weighted by Gasteiger charge is -1.97. The first kappa shape index (κ1) is 9.90. The number of aryl methyl sites for hydroxylation is 1. The van der Waals surface area contributed by atoms with Crippen molar-refractivity contribution in [3.05, 3.63) is 5.82 Å². The Labute approximate surface area is 89.1 Å². The third-order valence-electron chi connectivity index (χ3n) is 2.70. The van der Waals surface area contributed by atoms with Gasteiger partial charge in [0.25, 0.3) is 0 Å². The Hall–Kier alpha value is -0.640. The van der Waals surface area contributed by atoms with Crippen LogP contribution in [-0.2, 0) is 6.42 Å². The van der Waals surface area contributed by atoms with Crippen LogP contribution in [0.25, 0.3) is 0 Å². The quantitative estimate of drug-likeness (QED) is 0.813. The standard InChI is InChI=1S/C10H17N3S/c1-3-5-9-12-10(14-13-9)11-8-6-7(8)4-2/h7-8H,3-6H2,1-2H3,(H,11,12,13). The van der Waals surface area contributed by atoms with Crippen LogP contribution in [-0.4, -0.2) is 15.4 Å². The molecule has 1 aliphatic rings. The highest BCUT2D eigenvalue weighted by atomic mass is 32.1. The largest absolute Gasteiger partial charge is 0.357 e. The van der Waals surface area contributed by atoms with Gasteiger partial charge < -0.3 is 5.32 Å². The molecule has 3 nitrogen and oxygen atoms in total. The number of nitrogens with zero attached hydrogens (tertiary/aromatic N) is 2. The first-order chi connectivity index (χ1) is 6.83. The van der Waals surface area contributed by atoms with Gasteiger partial charge in [-0.2, -0.15) is 4.37 Å². The van der Waals surface area contributed by atoms with Crippen LogP contribution in [0.5, 0.6) is 0 Å². The minimum Gasteiger partial charge on any atom is -0.357 e. The van der Waals surface area contributed by atoms with Gasteiger partial charge in [0.2, 0.25) is 5.13 Å². The van der Waals surface area contributed by atoms with E-state index in [1.165, 1.54) is 24.4 Å². The summed E-state index contributed by atoms with van der Waals surface area (Å²) < 4.78 is 4.31. The number of rotatable bonds is 5. The van der Waals surface area contributed by atoms with E-state index in [-0.39, 0.29) is 0 Å². The monoisotopic (exact) mass is 211 g/mol. The van der Waals surface area contributed by atoms with Gasteiger partial charge in [-0.25, -0.2) is 4.98 Å². The van der Waals surface area contributed by atoms with E-state index in [2.05, 4.69) is 28.5 Å². The summed E-state index contributed by atoms with van der Waals surface area (Å²) in [5, 5.41) is 4.45. The second kappa shape index (κ2) is 4.26. The molecule has 0 spiro atoms. The smallest absolute Gasteiger partial charge is 0.202 e. The number of nitrogens with one attached hydrogen (secondary N) is 1. The fourth-order valence-electron chi connectivity index (χ4n) is 1.67. The van der Waals surface area contributed by atoms with Crippen LogP contribution in [0.1, 0.15) is 38.9 Å². The van der Waals surface area contributed by atoms with E-state index in [1.807, 2.05) is 0 Å². The highest BCUT2D eigenvalue weighted by molar-refractivity contribution is 7.09. The molecule has 0 aromatic carbocycles. The van der Waals surface area contributed by atoms with Crippen LogP contribution in [0.4, 0.5) is 5.13 Å². The molecule has 78 valence electrons. The molecule has 2 rings (SSSR count). The molecule has 1 saturated carbocycles. The van der Waals surface area contributed by atoms with Crippen molar-refractivity contribution in [3.8, 4) is 0 Å². The number of hydrogen-bond donors (Lipinski definition) is 1. The van der Waals surface area contributed by atoms with E-state index >= 15 is 0 Å². The molecule has 1 fully saturated rings. The van der Waals surface area contributed by atoms with Crippen molar-refractivity contribution in [2.24, 2.45) is 5.92 Å². The van der Waals surface area contributed by atoms with E-state index in [1.54, 1.807) is 0 Å². The molecule has 0 radical (unpaired) electrons. The highest BCUT2D eigenvalue weighted by Crippen LogP contribution is 2.36. The maximum absolute atomic E-state index is 4.45. The Morgan fingerprint density at radius 1 is 1.50 bits per heavy atom. The molecule has 0 aliphatic heterocycles. The van der Waals surface area contributed by atoms with Gasteiger partial charge in [0.05, 0.1) is 0 Å². The first-order valence-electron chi connectivity index (χ1n) is 5.42. The summed E-state index contributed by atoms with van der Waals surface area (Å²) >= 11 is 1.50. The van der Waals surface area contributed by atoms with E-state index in [0.29, 0.717) is 6.04 Å². The normalized spacial score (nSPS) is 25.0. The van der Waals surface area contributed by atoms with Crippen LogP contribution < -0.4 is 5.32 Å². The van der Waals surface area contributed by atoms with Crippen LogP contribution in [0.15, 0.2) is 0 Å². The minimum atomic E-state index is 0.669.